The normalized spacial score (nSPS) is 17.4. The number of benzene rings is 1. The van der Waals surface area contributed by atoms with Gasteiger partial charge in [0.25, 0.3) is 0 Å². The molecular formula is C15H19N3O2. The van der Waals surface area contributed by atoms with Crippen LogP contribution in [0.25, 0.3) is 11.4 Å². The Morgan fingerprint density at radius 2 is 2.10 bits per heavy atom. The minimum Gasteiger partial charge on any atom is -0.513 e. The number of aliphatic hydroxyl groups excluding tert-OH is 1. The standard InChI is InChI=1S/C12H13N3O.C3H6O/c1-2-4-9(5-3-1)11-14-12(16-15-11)10-6-7-13-8-10;1-3(2)4/h1-5,10,13H,6-8H2;4H,1H2,2H3. The Labute approximate surface area is 118 Å². The van der Waals surface area contributed by atoms with Crippen LogP contribution in [0, 0.1) is 0 Å². The zero-order chi connectivity index (χ0) is 14.4. The van der Waals surface area contributed by atoms with Crippen LogP contribution in [-0.4, -0.2) is 28.3 Å². The number of nitrogens with one attached hydrogen (secondary N) is 1. The average Bonchev–Trinajstić information content (AvgIpc) is 3.10. The van der Waals surface area contributed by atoms with Crippen LogP contribution in [0.2, 0.25) is 0 Å². The van der Waals surface area contributed by atoms with Crippen LogP contribution in [0.5, 0.6) is 0 Å². The molecule has 0 aliphatic carbocycles. The topological polar surface area (TPSA) is 71.2 Å². The van der Waals surface area contributed by atoms with Gasteiger partial charge in [-0.3, -0.25) is 0 Å². The van der Waals surface area contributed by atoms with Crippen LogP contribution in [-0.2, 0) is 0 Å². The van der Waals surface area contributed by atoms with E-state index in [1.165, 1.54) is 6.92 Å². The van der Waals surface area contributed by atoms with Crippen molar-refractivity contribution in [3.8, 4) is 11.4 Å². The summed E-state index contributed by atoms with van der Waals surface area (Å²) in [7, 11) is 0. The van der Waals surface area contributed by atoms with Gasteiger partial charge in [0.1, 0.15) is 0 Å². The highest BCUT2D eigenvalue weighted by atomic mass is 16.5. The van der Waals surface area contributed by atoms with Gasteiger partial charge >= 0.3 is 0 Å². The van der Waals surface area contributed by atoms with Crippen molar-refractivity contribution >= 4 is 0 Å². The Morgan fingerprint density at radius 1 is 1.40 bits per heavy atom. The molecule has 0 saturated carbocycles. The van der Waals surface area contributed by atoms with Crippen molar-refractivity contribution in [3.63, 3.8) is 0 Å². The van der Waals surface area contributed by atoms with E-state index in [9.17, 15) is 0 Å². The highest BCUT2D eigenvalue weighted by molar-refractivity contribution is 5.53. The number of nitrogens with zero attached hydrogens (tertiary/aromatic N) is 2. The van der Waals surface area contributed by atoms with Crippen molar-refractivity contribution in [2.45, 2.75) is 19.3 Å². The molecule has 1 fully saturated rings. The van der Waals surface area contributed by atoms with E-state index in [4.69, 9.17) is 9.63 Å². The lowest BCUT2D eigenvalue weighted by Gasteiger charge is -1.98. The van der Waals surface area contributed by atoms with Gasteiger partial charge in [-0.25, -0.2) is 0 Å². The van der Waals surface area contributed by atoms with Crippen LogP contribution in [0.15, 0.2) is 47.2 Å². The first-order valence-electron chi connectivity index (χ1n) is 6.61. The highest BCUT2D eigenvalue weighted by Gasteiger charge is 2.22. The van der Waals surface area contributed by atoms with Gasteiger partial charge in [-0.05, 0) is 19.9 Å². The first-order chi connectivity index (χ1) is 9.66. The summed E-state index contributed by atoms with van der Waals surface area (Å²) in [6.07, 6.45) is 1.08. The second kappa shape index (κ2) is 6.86. The summed E-state index contributed by atoms with van der Waals surface area (Å²) in [6.45, 7) is 6.62. The summed E-state index contributed by atoms with van der Waals surface area (Å²) >= 11 is 0. The number of aromatic nitrogens is 2. The summed E-state index contributed by atoms with van der Waals surface area (Å²) in [5.41, 5.74) is 1.00. The van der Waals surface area contributed by atoms with Gasteiger partial charge in [-0.2, -0.15) is 4.98 Å². The molecule has 1 saturated heterocycles. The lowest BCUT2D eigenvalue weighted by molar-refractivity contribution is 0.359. The van der Waals surface area contributed by atoms with E-state index in [1.807, 2.05) is 30.3 Å². The van der Waals surface area contributed by atoms with Crippen LogP contribution in [0.1, 0.15) is 25.2 Å². The summed E-state index contributed by atoms with van der Waals surface area (Å²) in [6, 6.07) is 9.90. The molecule has 0 radical (unpaired) electrons. The Bertz CT molecular complexity index is 541. The first kappa shape index (κ1) is 14.3. The molecule has 0 amide bonds. The zero-order valence-corrected chi connectivity index (χ0v) is 11.5. The van der Waals surface area contributed by atoms with E-state index in [2.05, 4.69) is 22.0 Å². The maximum atomic E-state index is 7.86. The first-order valence-corrected chi connectivity index (χ1v) is 6.61. The van der Waals surface area contributed by atoms with Gasteiger partial charge in [0, 0.05) is 12.1 Å². The van der Waals surface area contributed by atoms with E-state index in [1.54, 1.807) is 0 Å². The highest BCUT2D eigenvalue weighted by Crippen LogP contribution is 2.23. The fraction of sp³-hybridized carbons (Fsp3) is 0.333. The van der Waals surface area contributed by atoms with Gasteiger partial charge in [0.15, 0.2) is 0 Å². The maximum Gasteiger partial charge on any atom is 0.231 e. The number of allylic oxidation sites excluding steroid dienone is 1. The molecule has 0 bridgehead atoms. The van der Waals surface area contributed by atoms with E-state index < -0.39 is 0 Å². The Hall–Kier alpha value is -2.14. The monoisotopic (exact) mass is 273 g/mol. The molecule has 1 aliphatic heterocycles. The number of hydrogen-bond donors (Lipinski definition) is 2. The fourth-order valence-corrected chi connectivity index (χ4v) is 1.97. The average molecular weight is 273 g/mol. The number of hydrogen-bond acceptors (Lipinski definition) is 5. The second-order valence-electron chi connectivity index (χ2n) is 4.75. The summed E-state index contributed by atoms with van der Waals surface area (Å²) < 4.78 is 5.30. The van der Waals surface area contributed by atoms with Gasteiger partial charge in [-0.1, -0.05) is 42.1 Å². The SMILES string of the molecule is C=C(C)O.c1ccc(-c2noc(C3CCNC3)n2)cc1. The molecule has 1 unspecified atom stereocenters. The largest absolute Gasteiger partial charge is 0.513 e. The predicted molar refractivity (Wildman–Crippen MR) is 77.4 cm³/mol. The third kappa shape index (κ3) is 3.93. The molecule has 5 heteroatoms. The van der Waals surface area contributed by atoms with Crippen molar-refractivity contribution < 1.29 is 9.63 Å². The molecule has 1 aromatic heterocycles. The van der Waals surface area contributed by atoms with Crippen LogP contribution in [0.3, 0.4) is 0 Å². The maximum absolute atomic E-state index is 7.86. The molecule has 2 N–H and O–H groups in total. The molecule has 106 valence electrons. The van der Waals surface area contributed by atoms with Crippen molar-refractivity contribution in [1.29, 1.82) is 0 Å². The van der Waals surface area contributed by atoms with E-state index in [-0.39, 0.29) is 5.76 Å². The molecule has 20 heavy (non-hydrogen) atoms. The quantitative estimate of drug-likeness (QED) is 0.823. The van der Waals surface area contributed by atoms with Gasteiger partial charge in [0.2, 0.25) is 11.7 Å². The molecule has 1 aromatic carbocycles. The Morgan fingerprint density at radius 3 is 2.70 bits per heavy atom. The second-order valence-corrected chi connectivity index (χ2v) is 4.75. The van der Waals surface area contributed by atoms with Gasteiger partial charge < -0.3 is 14.9 Å². The molecule has 2 heterocycles. The van der Waals surface area contributed by atoms with Crippen LogP contribution in [0.4, 0.5) is 0 Å². The Balaban J connectivity index is 0.000000328. The summed E-state index contributed by atoms with van der Waals surface area (Å²) in [4.78, 5) is 4.44. The zero-order valence-electron chi connectivity index (χ0n) is 11.5. The lowest BCUT2D eigenvalue weighted by Crippen LogP contribution is -2.08. The molecular weight excluding hydrogens is 254 g/mol. The van der Waals surface area contributed by atoms with Crippen LogP contribution >= 0.6 is 0 Å². The molecule has 1 atom stereocenters. The molecule has 3 rings (SSSR count). The molecule has 0 spiro atoms. The van der Waals surface area contributed by atoms with E-state index in [0.29, 0.717) is 11.7 Å². The molecule has 1 aliphatic rings. The van der Waals surface area contributed by atoms with Gasteiger partial charge in [-0.15, -0.1) is 0 Å². The van der Waals surface area contributed by atoms with Crippen molar-refractivity contribution in [2.24, 2.45) is 0 Å². The van der Waals surface area contributed by atoms with Crippen LogP contribution < -0.4 is 5.32 Å². The number of aliphatic hydroxyl groups is 1. The Kier molecular flexibility index (Phi) is 4.90. The van der Waals surface area contributed by atoms with E-state index >= 15 is 0 Å². The predicted octanol–water partition coefficient (Wildman–Crippen LogP) is 2.89. The third-order valence-electron chi connectivity index (χ3n) is 2.88. The van der Waals surface area contributed by atoms with Crippen molar-refractivity contribution in [2.75, 3.05) is 13.1 Å². The fourth-order valence-electron chi connectivity index (χ4n) is 1.97. The summed E-state index contributed by atoms with van der Waals surface area (Å²) in [5.74, 6) is 1.98. The van der Waals surface area contributed by atoms with Crippen molar-refractivity contribution in [3.05, 3.63) is 48.6 Å². The summed E-state index contributed by atoms with van der Waals surface area (Å²) in [5, 5.41) is 15.2. The molecule has 5 nitrogen and oxygen atoms in total. The third-order valence-corrected chi connectivity index (χ3v) is 2.88. The minimum atomic E-state index is 0.167. The van der Waals surface area contributed by atoms with E-state index in [0.717, 1.165) is 31.0 Å². The minimum absolute atomic E-state index is 0.167. The smallest absolute Gasteiger partial charge is 0.231 e. The lowest BCUT2D eigenvalue weighted by atomic mass is 10.1. The van der Waals surface area contributed by atoms with Gasteiger partial charge in [0.05, 0.1) is 11.7 Å². The van der Waals surface area contributed by atoms with Crippen molar-refractivity contribution in [1.82, 2.24) is 15.5 Å². The number of rotatable bonds is 2. The molecule has 2 aromatic rings.